The van der Waals surface area contributed by atoms with Crippen LogP contribution in [0.2, 0.25) is 0 Å². The molecule has 1 atom stereocenters. The van der Waals surface area contributed by atoms with Gasteiger partial charge in [-0.15, -0.1) is 5.06 Å². The molecule has 0 unspecified atom stereocenters. The van der Waals surface area contributed by atoms with Crippen LogP contribution in [-0.4, -0.2) is 36.7 Å². The highest BCUT2D eigenvalue weighted by atomic mass is 16.7. The number of carbonyl (C=O) groups excluding carboxylic acids is 2. The first kappa shape index (κ1) is 12.0. The summed E-state index contributed by atoms with van der Waals surface area (Å²) in [5, 5.41) is 1.38. The molecule has 0 radical (unpaired) electrons. The van der Waals surface area contributed by atoms with Crippen LogP contribution in [0.25, 0.3) is 0 Å². The normalized spacial score (nSPS) is 21.7. The van der Waals surface area contributed by atoms with E-state index >= 15 is 0 Å². The molecule has 0 bridgehead atoms. The summed E-state index contributed by atoms with van der Waals surface area (Å²) in [6, 6.07) is -0.422. The van der Waals surface area contributed by atoms with Crippen molar-refractivity contribution < 1.29 is 19.2 Å². The predicted molar refractivity (Wildman–Crippen MR) is 52.7 cm³/mol. The van der Waals surface area contributed by atoms with Crippen LogP contribution in [0.15, 0.2) is 0 Å². The van der Waals surface area contributed by atoms with E-state index in [0.29, 0.717) is 32.0 Å². The minimum absolute atomic E-state index is 0.303. The van der Waals surface area contributed by atoms with E-state index in [9.17, 15) is 9.59 Å². The van der Waals surface area contributed by atoms with Gasteiger partial charge >= 0.3 is 12.4 Å². The Morgan fingerprint density at radius 2 is 2.33 bits per heavy atom. The number of ether oxygens (including phenoxy) is 1. The van der Waals surface area contributed by atoms with Gasteiger partial charge in [0.2, 0.25) is 0 Å². The highest BCUT2D eigenvalue weighted by Crippen LogP contribution is 2.18. The van der Waals surface area contributed by atoms with Crippen LogP contribution >= 0.6 is 0 Å². The summed E-state index contributed by atoms with van der Waals surface area (Å²) >= 11 is 0. The van der Waals surface area contributed by atoms with Crippen LogP contribution in [0.3, 0.4) is 0 Å². The van der Waals surface area contributed by atoms with Crippen LogP contribution in [-0.2, 0) is 19.2 Å². The lowest BCUT2D eigenvalue weighted by atomic mass is 10.2. The van der Waals surface area contributed by atoms with E-state index < -0.39 is 6.04 Å². The Bertz CT molecular complexity index is 229. The second-order valence-electron chi connectivity index (χ2n) is 4.02. The van der Waals surface area contributed by atoms with Crippen LogP contribution in [0, 0.1) is 5.92 Å². The fourth-order valence-corrected chi connectivity index (χ4v) is 1.50. The average Bonchev–Trinajstić information content (AvgIpc) is 2.63. The Labute approximate surface area is 89.3 Å². The molecule has 0 aromatic carbocycles. The molecule has 5 nitrogen and oxygen atoms in total. The van der Waals surface area contributed by atoms with E-state index in [2.05, 4.69) is 0 Å². The highest BCUT2D eigenvalue weighted by molar-refractivity contribution is 5.76. The number of hydroxylamine groups is 2. The molecule has 1 rings (SSSR count). The van der Waals surface area contributed by atoms with Crippen LogP contribution in [0.4, 0.5) is 0 Å². The molecule has 1 heterocycles. The van der Waals surface area contributed by atoms with Crippen molar-refractivity contribution in [3.8, 4) is 0 Å². The van der Waals surface area contributed by atoms with Crippen molar-refractivity contribution >= 4 is 12.4 Å². The third kappa shape index (κ3) is 3.51. The Kier molecular flexibility index (Phi) is 4.55. The first-order valence-corrected chi connectivity index (χ1v) is 5.19. The van der Waals surface area contributed by atoms with Gasteiger partial charge in [0.25, 0.3) is 0 Å². The lowest BCUT2D eigenvalue weighted by Crippen LogP contribution is -2.37. The molecular formula is C10H17NO4. The molecule has 0 aromatic heterocycles. The van der Waals surface area contributed by atoms with E-state index in [-0.39, 0.29) is 5.97 Å². The highest BCUT2D eigenvalue weighted by Gasteiger charge is 2.33. The van der Waals surface area contributed by atoms with Gasteiger partial charge in [-0.2, -0.15) is 0 Å². The van der Waals surface area contributed by atoms with Crippen molar-refractivity contribution in [1.29, 1.82) is 0 Å². The Balaban J connectivity index is 2.40. The van der Waals surface area contributed by atoms with Crippen LogP contribution in [0.1, 0.15) is 26.7 Å². The Morgan fingerprint density at radius 1 is 1.60 bits per heavy atom. The maximum absolute atomic E-state index is 11.6. The molecule has 5 heteroatoms. The van der Waals surface area contributed by atoms with Gasteiger partial charge in [0.15, 0.2) is 0 Å². The molecule has 0 aromatic rings. The molecule has 0 N–H and O–H groups in total. The molecule has 15 heavy (non-hydrogen) atoms. The van der Waals surface area contributed by atoms with E-state index in [0.717, 1.165) is 6.42 Å². The lowest BCUT2D eigenvalue weighted by molar-refractivity contribution is -0.188. The van der Waals surface area contributed by atoms with Gasteiger partial charge in [-0.05, 0) is 18.8 Å². The summed E-state index contributed by atoms with van der Waals surface area (Å²) in [4.78, 5) is 26.4. The predicted octanol–water partition coefficient (Wildman–Crippen LogP) is 0.738. The smallest absolute Gasteiger partial charge is 0.326 e. The molecule has 0 saturated carbocycles. The third-order valence-corrected chi connectivity index (χ3v) is 2.21. The monoisotopic (exact) mass is 215 g/mol. The number of esters is 1. The van der Waals surface area contributed by atoms with Gasteiger partial charge < -0.3 is 9.57 Å². The van der Waals surface area contributed by atoms with Crippen molar-refractivity contribution in [2.45, 2.75) is 32.7 Å². The number of rotatable bonds is 5. The summed E-state index contributed by atoms with van der Waals surface area (Å²) < 4.78 is 5.09. The minimum Gasteiger partial charge on any atom is -0.464 e. The lowest BCUT2D eigenvalue weighted by Gasteiger charge is -2.19. The van der Waals surface area contributed by atoms with Gasteiger partial charge in [-0.3, -0.25) is 9.59 Å². The summed E-state index contributed by atoms with van der Waals surface area (Å²) in [6.45, 7) is 5.29. The molecule has 0 spiro atoms. The maximum atomic E-state index is 11.6. The van der Waals surface area contributed by atoms with Gasteiger partial charge in [-0.25, -0.2) is 0 Å². The second-order valence-corrected chi connectivity index (χ2v) is 4.02. The molecule has 1 aliphatic rings. The van der Waals surface area contributed by atoms with E-state index in [1.54, 1.807) is 0 Å². The minimum atomic E-state index is -0.422. The first-order valence-electron chi connectivity index (χ1n) is 5.19. The van der Waals surface area contributed by atoms with E-state index in [4.69, 9.17) is 9.57 Å². The molecule has 0 amide bonds. The van der Waals surface area contributed by atoms with Crippen molar-refractivity contribution in [3.63, 3.8) is 0 Å². The van der Waals surface area contributed by atoms with Gasteiger partial charge in [0.05, 0.1) is 6.61 Å². The van der Waals surface area contributed by atoms with E-state index in [1.807, 2.05) is 13.8 Å². The van der Waals surface area contributed by atoms with Crippen molar-refractivity contribution in [2.24, 2.45) is 5.92 Å². The average molecular weight is 215 g/mol. The van der Waals surface area contributed by atoms with E-state index in [1.165, 1.54) is 5.06 Å². The Hall–Kier alpha value is -1.10. The van der Waals surface area contributed by atoms with Gasteiger partial charge in [0, 0.05) is 6.54 Å². The zero-order chi connectivity index (χ0) is 11.3. The zero-order valence-electron chi connectivity index (χ0n) is 9.14. The standard InChI is InChI=1S/C10H17NO4/c1-8(2)6-14-10(13)9-4-3-5-11(9)15-7-12/h7-9H,3-6H2,1-2H3/t9-/m0/s1. The van der Waals surface area contributed by atoms with Crippen molar-refractivity contribution in [2.75, 3.05) is 13.2 Å². The summed E-state index contributed by atoms with van der Waals surface area (Å²) in [6.07, 6.45) is 1.53. The summed E-state index contributed by atoms with van der Waals surface area (Å²) in [5.74, 6) is 0.0128. The Morgan fingerprint density at radius 3 is 2.93 bits per heavy atom. The van der Waals surface area contributed by atoms with Crippen LogP contribution in [0.5, 0.6) is 0 Å². The SMILES string of the molecule is CC(C)COC(=O)[C@@H]1CCCN1OC=O. The number of carbonyl (C=O) groups is 2. The number of hydrogen-bond donors (Lipinski definition) is 0. The first-order chi connectivity index (χ1) is 7.15. The van der Waals surface area contributed by atoms with Crippen molar-refractivity contribution in [3.05, 3.63) is 0 Å². The number of hydrogen-bond acceptors (Lipinski definition) is 5. The molecule has 0 aliphatic carbocycles. The third-order valence-electron chi connectivity index (χ3n) is 2.21. The maximum Gasteiger partial charge on any atom is 0.326 e. The largest absolute Gasteiger partial charge is 0.464 e. The fraction of sp³-hybridized carbons (Fsp3) is 0.800. The quantitative estimate of drug-likeness (QED) is 0.500. The van der Waals surface area contributed by atoms with Crippen molar-refractivity contribution in [1.82, 2.24) is 5.06 Å². The number of nitrogens with zero attached hydrogens (tertiary/aromatic N) is 1. The van der Waals surface area contributed by atoms with Gasteiger partial charge in [0.1, 0.15) is 6.04 Å². The zero-order valence-corrected chi connectivity index (χ0v) is 9.14. The molecule has 1 aliphatic heterocycles. The summed E-state index contributed by atoms with van der Waals surface area (Å²) in [5.41, 5.74) is 0. The van der Waals surface area contributed by atoms with Crippen LogP contribution < -0.4 is 0 Å². The molecule has 1 saturated heterocycles. The molecule has 1 fully saturated rings. The second kappa shape index (κ2) is 5.70. The fourth-order valence-electron chi connectivity index (χ4n) is 1.50. The topological polar surface area (TPSA) is 55.8 Å². The van der Waals surface area contributed by atoms with Gasteiger partial charge in [-0.1, -0.05) is 13.8 Å². The summed E-state index contributed by atoms with van der Waals surface area (Å²) in [7, 11) is 0. The molecule has 86 valence electrons. The molecular weight excluding hydrogens is 198 g/mol.